The first kappa shape index (κ1) is 15.0. The van der Waals surface area contributed by atoms with Crippen LogP contribution in [0.25, 0.3) is 0 Å². The number of likely N-dealkylation sites (N-methyl/N-ethyl adjacent to an activating group) is 1. The van der Waals surface area contributed by atoms with E-state index in [1.165, 1.54) is 0 Å². The molecule has 1 saturated heterocycles. The lowest BCUT2D eigenvalue weighted by Gasteiger charge is -2.37. The van der Waals surface area contributed by atoms with Gasteiger partial charge in [0.2, 0.25) is 0 Å². The molecule has 2 amide bonds. The fourth-order valence-electron chi connectivity index (χ4n) is 2.07. The van der Waals surface area contributed by atoms with Gasteiger partial charge < -0.3 is 9.80 Å². The number of hydrogen-bond donors (Lipinski definition) is 1. The minimum absolute atomic E-state index is 0.01000. The number of carbonyl (C=O) groups excluding carboxylic acids is 1. The second-order valence-electron chi connectivity index (χ2n) is 4.77. The summed E-state index contributed by atoms with van der Waals surface area (Å²) in [4.78, 5) is 19.1. The van der Waals surface area contributed by atoms with E-state index in [1.54, 1.807) is 4.90 Å². The molecule has 1 aliphatic rings. The van der Waals surface area contributed by atoms with Crippen molar-refractivity contribution in [2.75, 3.05) is 32.0 Å². The van der Waals surface area contributed by atoms with Gasteiger partial charge in [-0.25, -0.2) is 9.78 Å². The highest BCUT2D eigenvalue weighted by Gasteiger charge is 2.34. The smallest absolute Gasteiger partial charge is 0.319 e. The van der Waals surface area contributed by atoms with Crippen molar-refractivity contribution in [2.45, 2.75) is 19.1 Å². The molecule has 0 aliphatic carbocycles. The Labute approximate surface area is 118 Å². The minimum atomic E-state index is -4.49. The molecule has 0 aromatic carbocycles. The summed E-state index contributed by atoms with van der Waals surface area (Å²) in [6.45, 7) is 3.92. The number of alkyl halides is 3. The van der Waals surface area contributed by atoms with Crippen LogP contribution >= 0.6 is 11.3 Å². The lowest BCUT2D eigenvalue weighted by atomic mass is 10.2. The van der Waals surface area contributed by atoms with E-state index in [0.717, 1.165) is 29.8 Å². The zero-order valence-corrected chi connectivity index (χ0v) is 11.9. The molecule has 1 fully saturated rings. The Morgan fingerprint density at radius 2 is 2.20 bits per heavy atom. The van der Waals surface area contributed by atoms with Crippen molar-refractivity contribution in [3.63, 3.8) is 0 Å². The van der Waals surface area contributed by atoms with Crippen LogP contribution in [0.4, 0.5) is 23.1 Å². The summed E-state index contributed by atoms with van der Waals surface area (Å²) in [5.74, 6) is 0. The average Bonchev–Trinajstić information content (AvgIpc) is 2.76. The summed E-state index contributed by atoms with van der Waals surface area (Å²) in [7, 11) is 1.96. The zero-order valence-electron chi connectivity index (χ0n) is 11.1. The molecule has 2 heterocycles. The maximum Gasteiger partial charge on any atom is 0.434 e. The van der Waals surface area contributed by atoms with Gasteiger partial charge in [0.1, 0.15) is 0 Å². The van der Waals surface area contributed by atoms with Gasteiger partial charge >= 0.3 is 12.2 Å². The van der Waals surface area contributed by atoms with E-state index in [0.29, 0.717) is 6.54 Å². The van der Waals surface area contributed by atoms with Gasteiger partial charge in [0, 0.05) is 31.1 Å². The van der Waals surface area contributed by atoms with Crippen molar-refractivity contribution in [3.05, 3.63) is 11.1 Å². The maximum absolute atomic E-state index is 12.4. The molecule has 0 saturated carbocycles. The quantitative estimate of drug-likeness (QED) is 0.866. The molecule has 0 bridgehead atoms. The van der Waals surface area contributed by atoms with Gasteiger partial charge in [0.25, 0.3) is 0 Å². The lowest BCUT2D eigenvalue weighted by molar-refractivity contribution is -0.140. The van der Waals surface area contributed by atoms with Crippen molar-refractivity contribution in [3.8, 4) is 0 Å². The molecule has 20 heavy (non-hydrogen) atoms. The van der Waals surface area contributed by atoms with E-state index < -0.39 is 17.9 Å². The first-order valence-corrected chi connectivity index (χ1v) is 6.94. The molecule has 1 atom stereocenters. The third kappa shape index (κ3) is 3.40. The van der Waals surface area contributed by atoms with Crippen molar-refractivity contribution < 1.29 is 18.0 Å². The molecule has 0 unspecified atom stereocenters. The summed E-state index contributed by atoms with van der Waals surface area (Å²) in [5, 5.41) is 3.28. The topological polar surface area (TPSA) is 48.5 Å². The normalized spacial score (nSPS) is 21.1. The van der Waals surface area contributed by atoms with Gasteiger partial charge in [-0.15, -0.1) is 11.3 Å². The Hall–Kier alpha value is -1.35. The molecular formula is C11H15F3N4OS. The molecule has 1 aromatic rings. The fourth-order valence-corrected chi connectivity index (χ4v) is 2.77. The Bertz CT molecular complexity index is 490. The van der Waals surface area contributed by atoms with Crippen LogP contribution in [0, 0.1) is 0 Å². The van der Waals surface area contributed by atoms with Crippen LogP contribution in [-0.4, -0.2) is 53.5 Å². The molecule has 1 aliphatic heterocycles. The molecule has 0 radical (unpaired) electrons. The number of thiazole rings is 1. The molecule has 9 heteroatoms. The molecular weight excluding hydrogens is 293 g/mol. The Morgan fingerprint density at radius 1 is 1.50 bits per heavy atom. The van der Waals surface area contributed by atoms with Crippen molar-refractivity contribution in [1.29, 1.82) is 0 Å². The molecule has 112 valence electrons. The van der Waals surface area contributed by atoms with Crippen molar-refractivity contribution in [1.82, 2.24) is 14.8 Å². The summed E-state index contributed by atoms with van der Waals surface area (Å²) in [6, 6.07) is -0.399. The van der Waals surface area contributed by atoms with E-state index >= 15 is 0 Å². The second kappa shape index (κ2) is 5.57. The number of hydrogen-bond acceptors (Lipinski definition) is 4. The standard InChI is InChI=1S/C11H15F3N4OS/c1-7-5-17(2)3-4-18(7)10(19)16-9-15-8(6-20-9)11(12,13)14/h6-7H,3-5H2,1-2H3,(H,15,16,19)/t7-/m0/s1. The van der Waals surface area contributed by atoms with E-state index in [1.807, 2.05) is 14.0 Å². The van der Waals surface area contributed by atoms with E-state index in [9.17, 15) is 18.0 Å². The lowest BCUT2D eigenvalue weighted by Crippen LogP contribution is -2.53. The van der Waals surface area contributed by atoms with E-state index in [-0.39, 0.29) is 11.2 Å². The van der Waals surface area contributed by atoms with Crippen LogP contribution in [0.15, 0.2) is 5.38 Å². The monoisotopic (exact) mass is 308 g/mol. The minimum Gasteiger partial charge on any atom is -0.319 e. The van der Waals surface area contributed by atoms with E-state index in [2.05, 4.69) is 15.2 Å². The van der Waals surface area contributed by atoms with E-state index in [4.69, 9.17) is 0 Å². The van der Waals surface area contributed by atoms with Crippen molar-refractivity contribution in [2.24, 2.45) is 0 Å². The number of amides is 2. The van der Waals surface area contributed by atoms with Gasteiger partial charge in [-0.3, -0.25) is 5.32 Å². The highest BCUT2D eigenvalue weighted by Crippen LogP contribution is 2.31. The molecule has 0 spiro atoms. The molecule has 2 rings (SSSR count). The number of nitrogens with zero attached hydrogens (tertiary/aromatic N) is 3. The van der Waals surface area contributed by atoms with Gasteiger partial charge in [-0.2, -0.15) is 13.2 Å². The number of halogens is 3. The largest absolute Gasteiger partial charge is 0.434 e. The average molecular weight is 308 g/mol. The first-order valence-electron chi connectivity index (χ1n) is 6.06. The summed E-state index contributed by atoms with van der Waals surface area (Å²) < 4.78 is 37.2. The predicted molar refractivity (Wildman–Crippen MR) is 69.8 cm³/mol. The van der Waals surface area contributed by atoms with Crippen LogP contribution < -0.4 is 5.32 Å². The number of piperazine rings is 1. The highest BCUT2D eigenvalue weighted by atomic mass is 32.1. The Kier molecular flexibility index (Phi) is 4.19. The number of nitrogens with one attached hydrogen (secondary N) is 1. The third-order valence-corrected chi connectivity index (χ3v) is 3.86. The SMILES string of the molecule is C[C@H]1CN(C)CCN1C(=O)Nc1nc(C(F)(F)F)cs1. The van der Waals surface area contributed by atoms with Crippen LogP contribution in [0.3, 0.4) is 0 Å². The number of anilines is 1. The van der Waals surface area contributed by atoms with Crippen molar-refractivity contribution >= 4 is 22.5 Å². The molecule has 1 aromatic heterocycles. The number of aromatic nitrogens is 1. The highest BCUT2D eigenvalue weighted by molar-refractivity contribution is 7.13. The Morgan fingerprint density at radius 3 is 2.75 bits per heavy atom. The molecule has 1 N–H and O–H groups in total. The van der Waals surface area contributed by atoms with Crippen LogP contribution in [0.5, 0.6) is 0 Å². The number of urea groups is 1. The predicted octanol–water partition coefficient (Wildman–Crippen LogP) is 2.33. The maximum atomic E-state index is 12.4. The van der Waals surface area contributed by atoms with Crippen LogP contribution in [0.1, 0.15) is 12.6 Å². The zero-order chi connectivity index (χ0) is 14.9. The third-order valence-electron chi connectivity index (χ3n) is 3.10. The van der Waals surface area contributed by atoms with Gasteiger partial charge in [-0.05, 0) is 14.0 Å². The first-order chi connectivity index (χ1) is 9.27. The summed E-state index contributed by atoms with van der Waals surface area (Å²) >= 11 is 0.770. The second-order valence-corrected chi connectivity index (χ2v) is 5.63. The van der Waals surface area contributed by atoms with Gasteiger partial charge in [-0.1, -0.05) is 0 Å². The van der Waals surface area contributed by atoms with Crippen LogP contribution in [0.2, 0.25) is 0 Å². The number of carbonyl (C=O) groups is 1. The van der Waals surface area contributed by atoms with Crippen LogP contribution in [-0.2, 0) is 6.18 Å². The van der Waals surface area contributed by atoms with Gasteiger partial charge in [0.05, 0.1) is 0 Å². The molecule has 5 nitrogen and oxygen atoms in total. The number of rotatable bonds is 1. The fraction of sp³-hybridized carbons (Fsp3) is 0.636. The van der Waals surface area contributed by atoms with Gasteiger partial charge in [0.15, 0.2) is 10.8 Å². The summed E-state index contributed by atoms with van der Waals surface area (Å²) in [5.41, 5.74) is -0.982. The Balaban J connectivity index is 1.99. The summed E-state index contributed by atoms with van der Waals surface area (Å²) in [6.07, 6.45) is -4.49.